The molecule has 0 aromatic heterocycles. The van der Waals surface area contributed by atoms with Crippen LogP contribution in [0, 0.1) is 0 Å². The van der Waals surface area contributed by atoms with E-state index in [0.717, 1.165) is 47.7 Å². The van der Waals surface area contributed by atoms with Crippen LogP contribution in [0.2, 0.25) is 0 Å². The summed E-state index contributed by atoms with van der Waals surface area (Å²) in [6, 6.07) is 13.7. The van der Waals surface area contributed by atoms with Crippen LogP contribution in [0.3, 0.4) is 0 Å². The lowest BCUT2D eigenvalue weighted by Gasteiger charge is -2.42. The number of anilines is 1. The number of benzene rings is 2. The lowest BCUT2D eigenvalue weighted by molar-refractivity contribution is 0.0926. The van der Waals surface area contributed by atoms with Gasteiger partial charge in [-0.25, -0.2) is 0 Å². The predicted octanol–water partition coefficient (Wildman–Crippen LogP) is 2.57. The Morgan fingerprint density at radius 1 is 1.15 bits per heavy atom. The molecule has 0 spiro atoms. The molecule has 1 atom stereocenters. The number of ether oxygens (including phenoxy) is 1. The van der Waals surface area contributed by atoms with Gasteiger partial charge >= 0.3 is 0 Å². The largest absolute Gasteiger partial charge is 0.497 e. The Labute approximate surface area is 152 Å². The van der Waals surface area contributed by atoms with Gasteiger partial charge in [0.05, 0.1) is 24.1 Å². The van der Waals surface area contributed by atoms with Crippen molar-refractivity contribution in [1.29, 1.82) is 0 Å². The first-order valence-electron chi connectivity index (χ1n) is 8.65. The summed E-state index contributed by atoms with van der Waals surface area (Å²) in [5.41, 5.74) is 4.66. The molecule has 1 unspecified atom stereocenters. The summed E-state index contributed by atoms with van der Waals surface area (Å²) in [4.78, 5) is 19.9. The fraction of sp³-hybridized carbons (Fsp3) is 0.300. The smallest absolute Gasteiger partial charge is 0.255 e. The van der Waals surface area contributed by atoms with Gasteiger partial charge in [-0.2, -0.15) is 0 Å². The van der Waals surface area contributed by atoms with Gasteiger partial charge in [-0.3, -0.25) is 4.79 Å². The van der Waals surface area contributed by atoms with Crippen LogP contribution in [0.15, 0.2) is 47.6 Å². The quantitative estimate of drug-likeness (QED) is 0.860. The number of nitrogens with zero attached hydrogens (tertiary/aromatic N) is 2. The highest BCUT2D eigenvalue weighted by atomic mass is 16.6. The van der Waals surface area contributed by atoms with E-state index in [1.165, 1.54) is 0 Å². The van der Waals surface area contributed by atoms with Gasteiger partial charge in [-0.05, 0) is 23.8 Å². The minimum absolute atomic E-state index is 0.0460. The van der Waals surface area contributed by atoms with Crippen LogP contribution in [0.5, 0.6) is 5.75 Å². The van der Waals surface area contributed by atoms with E-state index in [-0.39, 0.29) is 12.1 Å². The van der Waals surface area contributed by atoms with E-state index in [0.29, 0.717) is 5.56 Å². The number of carbonyl (C=O) groups is 1. The summed E-state index contributed by atoms with van der Waals surface area (Å²) in [5, 5.41) is 7.30. The number of rotatable bonds is 4. The molecule has 1 N–H and O–H groups in total. The van der Waals surface area contributed by atoms with Gasteiger partial charge in [0.15, 0.2) is 0 Å². The lowest BCUT2D eigenvalue weighted by Crippen LogP contribution is -2.56. The third kappa shape index (κ3) is 2.77. The molecule has 0 aliphatic carbocycles. The first kappa shape index (κ1) is 16.4. The van der Waals surface area contributed by atoms with E-state index < -0.39 is 0 Å². The van der Waals surface area contributed by atoms with E-state index in [1.807, 2.05) is 42.5 Å². The van der Waals surface area contributed by atoms with Crippen LogP contribution < -0.4 is 15.0 Å². The second-order valence-corrected chi connectivity index (χ2v) is 6.41. The fourth-order valence-corrected chi connectivity index (χ4v) is 3.71. The van der Waals surface area contributed by atoms with Crippen molar-refractivity contribution in [1.82, 2.24) is 5.32 Å². The summed E-state index contributed by atoms with van der Waals surface area (Å²) in [5.74, 6) is 0.780. The molecule has 6 nitrogen and oxygen atoms in total. The Balaban J connectivity index is 1.69. The molecule has 0 saturated heterocycles. The molecule has 4 rings (SSSR count). The van der Waals surface area contributed by atoms with Gasteiger partial charge in [0.25, 0.3) is 5.91 Å². The van der Waals surface area contributed by atoms with Crippen molar-refractivity contribution in [3.8, 4) is 5.75 Å². The summed E-state index contributed by atoms with van der Waals surface area (Å²) >= 11 is 0. The zero-order valence-electron chi connectivity index (χ0n) is 14.9. The number of hydrogen-bond donors (Lipinski definition) is 1. The average Bonchev–Trinajstić information content (AvgIpc) is 2.67. The van der Waals surface area contributed by atoms with Crippen LogP contribution in [-0.4, -0.2) is 38.5 Å². The van der Waals surface area contributed by atoms with Gasteiger partial charge in [-0.15, -0.1) is 0 Å². The van der Waals surface area contributed by atoms with Crippen molar-refractivity contribution in [3.63, 3.8) is 0 Å². The Bertz CT molecular complexity index is 861. The maximum absolute atomic E-state index is 12.7. The van der Waals surface area contributed by atoms with Crippen molar-refractivity contribution in [2.24, 2.45) is 5.16 Å². The van der Waals surface area contributed by atoms with E-state index in [2.05, 4.69) is 15.4 Å². The number of hydrogen-bond acceptors (Lipinski definition) is 5. The molecule has 26 heavy (non-hydrogen) atoms. The first-order valence-corrected chi connectivity index (χ1v) is 8.65. The second kappa shape index (κ2) is 6.71. The molecule has 134 valence electrons. The molecule has 0 saturated carbocycles. The maximum atomic E-state index is 12.7. The van der Waals surface area contributed by atoms with Gasteiger partial charge in [0.1, 0.15) is 19.0 Å². The molecule has 1 amide bonds. The number of para-hydroxylation sites is 1. The molecule has 2 aromatic rings. The lowest BCUT2D eigenvalue weighted by atomic mass is 9.92. The Hall–Kier alpha value is -3.02. The van der Waals surface area contributed by atoms with Crippen molar-refractivity contribution < 1.29 is 14.4 Å². The molecule has 2 aliphatic heterocycles. The van der Waals surface area contributed by atoms with Crippen LogP contribution in [0.1, 0.15) is 27.9 Å². The molecule has 0 radical (unpaired) electrons. The summed E-state index contributed by atoms with van der Waals surface area (Å²) in [7, 11) is 3.20. The van der Waals surface area contributed by atoms with Crippen LogP contribution in [-0.2, 0) is 11.3 Å². The topological polar surface area (TPSA) is 63.2 Å². The first-order chi connectivity index (χ1) is 12.7. The Kier molecular flexibility index (Phi) is 4.24. The van der Waals surface area contributed by atoms with Gasteiger partial charge in [-0.1, -0.05) is 29.4 Å². The van der Waals surface area contributed by atoms with Gasteiger partial charge in [0.2, 0.25) is 0 Å². The number of amides is 1. The van der Waals surface area contributed by atoms with Crippen LogP contribution >= 0.6 is 0 Å². The zero-order chi connectivity index (χ0) is 18.1. The van der Waals surface area contributed by atoms with Crippen LogP contribution in [0.25, 0.3) is 0 Å². The fourth-order valence-electron chi connectivity index (χ4n) is 3.71. The molecule has 2 aromatic carbocycles. The SMILES string of the molecule is CON=C1CCN2c3c(cccc31)C(=O)NC2Cc1ccc(OC)cc1. The van der Waals surface area contributed by atoms with Crippen molar-refractivity contribution in [2.75, 3.05) is 25.7 Å². The molecule has 6 heteroatoms. The molecule has 0 fully saturated rings. The van der Waals surface area contributed by atoms with Crippen molar-refractivity contribution in [2.45, 2.75) is 19.0 Å². The van der Waals surface area contributed by atoms with Crippen molar-refractivity contribution >= 4 is 17.3 Å². The van der Waals surface area contributed by atoms with E-state index in [9.17, 15) is 4.79 Å². The van der Waals surface area contributed by atoms with E-state index in [1.54, 1.807) is 14.2 Å². The number of methoxy groups -OCH3 is 1. The zero-order valence-corrected chi connectivity index (χ0v) is 14.9. The van der Waals surface area contributed by atoms with Gasteiger partial charge in [0, 0.05) is 24.9 Å². The standard InChI is InChI=1S/C20H21N3O3/c1-25-14-8-6-13(7-9-14)12-18-21-20(24)16-5-3-4-15-17(22-26-2)10-11-23(18)19(15)16/h3-9,18H,10-12H2,1-2H3,(H,21,24). The normalized spacial score (nSPS) is 19.8. The number of carbonyl (C=O) groups excluding carboxylic acids is 1. The molecular formula is C20H21N3O3. The van der Waals surface area contributed by atoms with E-state index in [4.69, 9.17) is 9.57 Å². The summed E-state index contributed by atoms with van der Waals surface area (Å²) in [6.07, 6.45) is 1.41. The third-order valence-electron chi connectivity index (χ3n) is 4.93. The Morgan fingerprint density at radius 3 is 2.65 bits per heavy atom. The minimum atomic E-state index is -0.0892. The molecule has 2 heterocycles. The highest BCUT2D eigenvalue weighted by Crippen LogP contribution is 2.35. The summed E-state index contributed by atoms with van der Waals surface area (Å²) in [6.45, 7) is 0.785. The highest BCUT2D eigenvalue weighted by Gasteiger charge is 2.36. The number of oxime groups is 1. The van der Waals surface area contributed by atoms with Gasteiger partial charge < -0.3 is 19.8 Å². The number of nitrogens with one attached hydrogen (secondary N) is 1. The monoisotopic (exact) mass is 351 g/mol. The van der Waals surface area contributed by atoms with Crippen molar-refractivity contribution in [3.05, 3.63) is 59.2 Å². The van der Waals surface area contributed by atoms with Crippen LogP contribution in [0.4, 0.5) is 5.69 Å². The average molecular weight is 351 g/mol. The third-order valence-corrected chi connectivity index (χ3v) is 4.93. The maximum Gasteiger partial charge on any atom is 0.255 e. The molecular weight excluding hydrogens is 330 g/mol. The highest BCUT2D eigenvalue weighted by molar-refractivity contribution is 6.13. The minimum Gasteiger partial charge on any atom is -0.497 e. The Morgan fingerprint density at radius 2 is 1.92 bits per heavy atom. The molecule has 2 aliphatic rings. The van der Waals surface area contributed by atoms with E-state index >= 15 is 0 Å². The predicted molar refractivity (Wildman–Crippen MR) is 99.9 cm³/mol. The molecule has 0 bridgehead atoms. The summed E-state index contributed by atoms with van der Waals surface area (Å²) < 4.78 is 5.22. The second-order valence-electron chi connectivity index (χ2n) is 6.41.